The van der Waals surface area contributed by atoms with Crippen LogP contribution in [0.5, 0.6) is 0 Å². The maximum absolute atomic E-state index is 9.93. The molecule has 0 spiro atoms. The Morgan fingerprint density at radius 3 is 2.67 bits per heavy atom. The summed E-state index contributed by atoms with van der Waals surface area (Å²) >= 11 is 1.83. The van der Waals surface area contributed by atoms with E-state index in [1.165, 1.54) is 11.0 Å². The summed E-state index contributed by atoms with van der Waals surface area (Å²) < 4.78 is 5.11. The standard InChI is InChI=1S/C11H11NO2S/c13-8-12-5-9-1-3-10(4-2-9)15-11-6-14-7-11/h1-4,11H,5-7H2. The van der Waals surface area contributed by atoms with E-state index in [0.717, 1.165) is 18.8 Å². The fraction of sp³-hybridized carbons (Fsp3) is 0.364. The van der Waals surface area contributed by atoms with Gasteiger partial charge in [-0.05, 0) is 17.7 Å². The highest BCUT2D eigenvalue weighted by molar-refractivity contribution is 8.00. The smallest absolute Gasteiger partial charge is 0.235 e. The molecule has 1 aliphatic heterocycles. The Balaban J connectivity index is 1.93. The minimum Gasteiger partial charge on any atom is -0.379 e. The van der Waals surface area contributed by atoms with Crippen molar-refractivity contribution in [3.63, 3.8) is 0 Å². The van der Waals surface area contributed by atoms with Gasteiger partial charge in [-0.15, -0.1) is 11.8 Å². The average Bonchev–Trinajstić information content (AvgIpc) is 2.22. The van der Waals surface area contributed by atoms with Gasteiger partial charge in [0, 0.05) is 4.90 Å². The summed E-state index contributed by atoms with van der Waals surface area (Å²) in [5, 5.41) is 0.601. The van der Waals surface area contributed by atoms with Crippen LogP contribution < -0.4 is 0 Å². The molecular formula is C11H11NO2S. The van der Waals surface area contributed by atoms with E-state index in [1.54, 1.807) is 0 Å². The van der Waals surface area contributed by atoms with Gasteiger partial charge in [0.05, 0.1) is 25.0 Å². The monoisotopic (exact) mass is 221 g/mol. The molecule has 1 aromatic carbocycles. The highest BCUT2D eigenvalue weighted by Gasteiger charge is 2.19. The van der Waals surface area contributed by atoms with Crippen molar-refractivity contribution in [1.82, 2.24) is 0 Å². The normalized spacial score (nSPS) is 15.5. The molecule has 3 nitrogen and oxygen atoms in total. The van der Waals surface area contributed by atoms with Gasteiger partial charge >= 0.3 is 0 Å². The molecule has 0 amide bonds. The van der Waals surface area contributed by atoms with Crippen molar-refractivity contribution >= 4 is 17.8 Å². The first-order chi connectivity index (χ1) is 7.38. The minimum atomic E-state index is 0.418. The average molecular weight is 221 g/mol. The molecule has 1 aromatic rings. The molecule has 15 heavy (non-hydrogen) atoms. The molecule has 0 aromatic heterocycles. The molecule has 1 fully saturated rings. The lowest BCUT2D eigenvalue weighted by atomic mass is 10.2. The molecule has 0 radical (unpaired) electrons. The second kappa shape index (κ2) is 5.12. The van der Waals surface area contributed by atoms with Gasteiger partial charge in [0.25, 0.3) is 0 Å². The zero-order valence-electron chi connectivity index (χ0n) is 8.18. The summed E-state index contributed by atoms with van der Waals surface area (Å²) in [4.78, 5) is 14.7. The minimum absolute atomic E-state index is 0.418. The lowest BCUT2D eigenvalue weighted by molar-refractivity contribution is 0.0455. The fourth-order valence-electron chi connectivity index (χ4n) is 1.27. The van der Waals surface area contributed by atoms with Crippen molar-refractivity contribution in [2.24, 2.45) is 4.99 Å². The molecule has 78 valence electrons. The van der Waals surface area contributed by atoms with Crippen LogP contribution in [0.25, 0.3) is 0 Å². The summed E-state index contributed by atoms with van der Waals surface area (Å²) in [6, 6.07) is 8.09. The van der Waals surface area contributed by atoms with E-state index in [0.29, 0.717) is 11.8 Å². The second-order valence-corrected chi connectivity index (χ2v) is 4.70. The van der Waals surface area contributed by atoms with Crippen molar-refractivity contribution in [3.05, 3.63) is 29.8 Å². The van der Waals surface area contributed by atoms with Crippen LogP contribution in [0, 0.1) is 0 Å². The van der Waals surface area contributed by atoms with Crippen LogP contribution in [0.2, 0.25) is 0 Å². The molecule has 0 aliphatic carbocycles. The third-order valence-electron chi connectivity index (χ3n) is 2.16. The maximum Gasteiger partial charge on any atom is 0.235 e. The molecule has 1 saturated heterocycles. The highest BCUT2D eigenvalue weighted by Crippen LogP contribution is 2.27. The number of hydrogen-bond acceptors (Lipinski definition) is 4. The molecule has 1 heterocycles. The van der Waals surface area contributed by atoms with Crippen LogP contribution in [-0.2, 0) is 16.1 Å². The Morgan fingerprint density at radius 2 is 2.13 bits per heavy atom. The molecule has 2 rings (SSSR count). The Labute approximate surface area is 92.5 Å². The van der Waals surface area contributed by atoms with Crippen molar-refractivity contribution < 1.29 is 9.53 Å². The summed E-state index contributed by atoms with van der Waals surface area (Å²) in [7, 11) is 0. The molecular weight excluding hydrogens is 210 g/mol. The maximum atomic E-state index is 9.93. The predicted molar refractivity (Wildman–Crippen MR) is 58.7 cm³/mol. The van der Waals surface area contributed by atoms with Gasteiger partial charge in [-0.2, -0.15) is 0 Å². The number of hydrogen-bond donors (Lipinski definition) is 0. The van der Waals surface area contributed by atoms with Crippen LogP contribution in [0.3, 0.4) is 0 Å². The van der Waals surface area contributed by atoms with Crippen LogP contribution in [0.1, 0.15) is 5.56 Å². The fourth-order valence-corrected chi connectivity index (χ4v) is 2.28. The van der Waals surface area contributed by atoms with Gasteiger partial charge < -0.3 is 4.74 Å². The van der Waals surface area contributed by atoms with Gasteiger partial charge in [-0.3, -0.25) is 0 Å². The second-order valence-electron chi connectivity index (χ2n) is 3.33. The molecule has 1 aliphatic rings. The molecule has 0 bridgehead atoms. The quantitative estimate of drug-likeness (QED) is 0.576. The van der Waals surface area contributed by atoms with E-state index in [1.807, 2.05) is 23.9 Å². The number of isocyanates is 1. The van der Waals surface area contributed by atoms with E-state index in [9.17, 15) is 4.79 Å². The topological polar surface area (TPSA) is 38.7 Å². The lowest BCUT2D eigenvalue weighted by Crippen LogP contribution is -2.29. The molecule has 0 atom stereocenters. The predicted octanol–water partition coefficient (Wildman–Crippen LogP) is 2.01. The first-order valence-electron chi connectivity index (χ1n) is 4.75. The Hall–Kier alpha value is -1.09. The number of aliphatic imine (C=N–C) groups is 1. The van der Waals surface area contributed by atoms with Gasteiger partial charge in [-0.25, -0.2) is 9.79 Å². The van der Waals surface area contributed by atoms with Gasteiger partial charge in [0.1, 0.15) is 0 Å². The first kappa shape index (κ1) is 10.4. The van der Waals surface area contributed by atoms with E-state index in [2.05, 4.69) is 17.1 Å². The third-order valence-corrected chi connectivity index (χ3v) is 3.31. The summed E-state index contributed by atoms with van der Waals surface area (Å²) in [6.07, 6.45) is 1.53. The number of nitrogens with zero attached hydrogens (tertiary/aromatic N) is 1. The number of benzene rings is 1. The van der Waals surface area contributed by atoms with Crippen LogP contribution in [-0.4, -0.2) is 24.5 Å². The highest BCUT2D eigenvalue weighted by atomic mass is 32.2. The molecule has 0 unspecified atom stereocenters. The lowest BCUT2D eigenvalue weighted by Gasteiger charge is -2.25. The van der Waals surface area contributed by atoms with Crippen LogP contribution in [0.4, 0.5) is 0 Å². The SMILES string of the molecule is O=C=NCc1ccc(SC2COC2)cc1. The number of carbonyl (C=O) groups excluding carboxylic acids is 1. The molecule has 0 saturated carbocycles. The summed E-state index contributed by atoms with van der Waals surface area (Å²) in [5.41, 5.74) is 1.03. The Bertz CT molecular complexity index is 367. The van der Waals surface area contributed by atoms with Crippen LogP contribution in [0.15, 0.2) is 34.2 Å². The summed E-state index contributed by atoms with van der Waals surface area (Å²) in [6.45, 7) is 2.12. The van der Waals surface area contributed by atoms with E-state index in [-0.39, 0.29) is 0 Å². The van der Waals surface area contributed by atoms with Gasteiger partial charge in [0.15, 0.2) is 0 Å². The van der Waals surface area contributed by atoms with Crippen molar-refractivity contribution in [1.29, 1.82) is 0 Å². The number of thioether (sulfide) groups is 1. The van der Waals surface area contributed by atoms with Crippen molar-refractivity contribution in [3.8, 4) is 0 Å². The van der Waals surface area contributed by atoms with Crippen molar-refractivity contribution in [2.75, 3.05) is 13.2 Å². The van der Waals surface area contributed by atoms with Gasteiger partial charge in [0.2, 0.25) is 6.08 Å². The van der Waals surface area contributed by atoms with Crippen molar-refractivity contribution in [2.45, 2.75) is 16.7 Å². The Kier molecular flexibility index (Phi) is 3.56. The van der Waals surface area contributed by atoms with E-state index < -0.39 is 0 Å². The van der Waals surface area contributed by atoms with Crippen LogP contribution >= 0.6 is 11.8 Å². The molecule has 4 heteroatoms. The largest absolute Gasteiger partial charge is 0.379 e. The number of ether oxygens (including phenoxy) is 1. The Morgan fingerprint density at radius 1 is 1.40 bits per heavy atom. The molecule has 0 N–H and O–H groups in total. The zero-order chi connectivity index (χ0) is 10.5. The first-order valence-corrected chi connectivity index (χ1v) is 5.63. The summed E-state index contributed by atoms with van der Waals surface area (Å²) in [5.74, 6) is 0. The van der Waals surface area contributed by atoms with Gasteiger partial charge in [-0.1, -0.05) is 12.1 Å². The number of rotatable bonds is 4. The zero-order valence-corrected chi connectivity index (χ0v) is 9.00. The van der Waals surface area contributed by atoms with E-state index >= 15 is 0 Å². The van der Waals surface area contributed by atoms with E-state index in [4.69, 9.17) is 4.74 Å². The third kappa shape index (κ3) is 2.93.